The summed E-state index contributed by atoms with van der Waals surface area (Å²) < 4.78 is 0. The molecule has 4 nitrogen and oxygen atoms in total. The van der Waals surface area contributed by atoms with Crippen LogP contribution in [-0.2, 0) is 0 Å². The number of hydrogen-bond acceptors (Lipinski definition) is 3. The number of nitrogens with one attached hydrogen (secondary N) is 2. The van der Waals surface area contributed by atoms with Crippen molar-refractivity contribution in [3.8, 4) is 0 Å². The van der Waals surface area contributed by atoms with E-state index in [4.69, 9.17) is 0 Å². The first-order valence-electron chi connectivity index (χ1n) is 7.60. The van der Waals surface area contributed by atoms with Gasteiger partial charge in [0.15, 0.2) is 5.96 Å². The van der Waals surface area contributed by atoms with Crippen LogP contribution in [0.1, 0.15) is 32.6 Å². The standard InChI is InChI=1S/C14H30N4S.HI/c1-3-15-14(16-8-7-13-19-2)17-9-12-18-10-5-4-6-11-18;/h3-13H2,1-2H3,(H2,15,16,17);1H. The van der Waals surface area contributed by atoms with Crippen molar-refractivity contribution < 1.29 is 0 Å². The molecule has 1 aliphatic rings. The Morgan fingerprint density at radius 3 is 2.60 bits per heavy atom. The number of rotatable bonds is 8. The molecule has 0 aromatic heterocycles. The second-order valence-corrected chi connectivity index (χ2v) is 5.92. The average Bonchev–Trinajstić information content (AvgIpc) is 2.44. The van der Waals surface area contributed by atoms with E-state index < -0.39 is 0 Å². The van der Waals surface area contributed by atoms with Gasteiger partial charge in [-0.2, -0.15) is 11.8 Å². The number of hydrogen-bond donors (Lipinski definition) is 2. The molecule has 1 saturated heterocycles. The third kappa shape index (κ3) is 10.1. The maximum atomic E-state index is 4.60. The largest absolute Gasteiger partial charge is 0.357 e. The van der Waals surface area contributed by atoms with E-state index in [0.717, 1.165) is 38.6 Å². The van der Waals surface area contributed by atoms with Gasteiger partial charge in [0.25, 0.3) is 0 Å². The Hall–Kier alpha value is 0.310. The highest BCUT2D eigenvalue weighted by atomic mass is 127. The first kappa shape index (κ1) is 20.3. The number of thioether (sulfide) groups is 1. The van der Waals surface area contributed by atoms with Crippen molar-refractivity contribution in [3.63, 3.8) is 0 Å². The van der Waals surface area contributed by atoms with Crippen LogP contribution in [0.5, 0.6) is 0 Å². The molecule has 120 valence electrons. The zero-order valence-corrected chi connectivity index (χ0v) is 16.1. The monoisotopic (exact) mass is 414 g/mol. The molecule has 0 saturated carbocycles. The van der Waals surface area contributed by atoms with Crippen molar-refractivity contribution in [2.45, 2.75) is 32.6 Å². The molecule has 1 aliphatic heterocycles. The summed E-state index contributed by atoms with van der Waals surface area (Å²) in [7, 11) is 0. The van der Waals surface area contributed by atoms with E-state index >= 15 is 0 Å². The summed E-state index contributed by atoms with van der Waals surface area (Å²) in [6.45, 7) is 8.62. The number of nitrogens with zero attached hydrogens (tertiary/aromatic N) is 2. The van der Waals surface area contributed by atoms with E-state index in [1.165, 1.54) is 38.1 Å². The molecule has 0 aromatic rings. The lowest BCUT2D eigenvalue weighted by Gasteiger charge is -2.26. The Bertz CT molecular complexity index is 245. The summed E-state index contributed by atoms with van der Waals surface area (Å²) in [5.74, 6) is 2.16. The Labute approximate surface area is 145 Å². The summed E-state index contributed by atoms with van der Waals surface area (Å²) in [5, 5.41) is 6.75. The van der Waals surface area contributed by atoms with Crippen LogP contribution in [0.3, 0.4) is 0 Å². The Kier molecular flexibility index (Phi) is 14.5. The van der Waals surface area contributed by atoms with Crippen molar-refractivity contribution in [2.75, 3.05) is 51.3 Å². The van der Waals surface area contributed by atoms with Gasteiger partial charge < -0.3 is 15.5 Å². The number of aliphatic imine (C=N–C) groups is 1. The third-order valence-electron chi connectivity index (χ3n) is 3.29. The van der Waals surface area contributed by atoms with Gasteiger partial charge in [0.05, 0.1) is 0 Å². The van der Waals surface area contributed by atoms with Crippen LogP contribution in [0.25, 0.3) is 0 Å². The summed E-state index contributed by atoms with van der Waals surface area (Å²) in [5.41, 5.74) is 0. The van der Waals surface area contributed by atoms with Gasteiger partial charge in [-0.1, -0.05) is 6.42 Å². The van der Waals surface area contributed by atoms with Crippen molar-refractivity contribution in [2.24, 2.45) is 4.99 Å². The van der Waals surface area contributed by atoms with E-state index in [1.54, 1.807) is 0 Å². The molecule has 0 radical (unpaired) electrons. The Morgan fingerprint density at radius 1 is 1.20 bits per heavy atom. The van der Waals surface area contributed by atoms with E-state index in [-0.39, 0.29) is 24.0 Å². The van der Waals surface area contributed by atoms with Crippen molar-refractivity contribution in [1.29, 1.82) is 0 Å². The molecule has 0 spiro atoms. The average molecular weight is 414 g/mol. The second kappa shape index (κ2) is 14.3. The number of guanidine groups is 1. The summed E-state index contributed by atoms with van der Waals surface area (Å²) >= 11 is 1.89. The van der Waals surface area contributed by atoms with Crippen molar-refractivity contribution >= 4 is 41.7 Å². The molecular formula is C14H31IN4S. The molecule has 1 rings (SSSR count). The van der Waals surface area contributed by atoms with Crippen LogP contribution in [-0.4, -0.2) is 62.1 Å². The zero-order chi connectivity index (χ0) is 13.8. The molecule has 2 N–H and O–H groups in total. The fourth-order valence-electron chi connectivity index (χ4n) is 2.26. The van der Waals surface area contributed by atoms with Crippen molar-refractivity contribution in [3.05, 3.63) is 0 Å². The van der Waals surface area contributed by atoms with E-state index in [2.05, 4.69) is 33.7 Å². The van der Waals surface area contributed by atoms with Crippen LogP contribution in [0, 0.1) is 0 Å². The van der Waals surface area contributed by atoms with Gasteiger partial charge >= 0.3 is 0 Å². The molecule has 6 heteroatoms. The van der Waals surface area contributed by atoms with Crippen LogP contribution in [0.4, 0.5) is 0 Å². The Balaban J connectivity index is 0.00000361. The topological polar surface area (TPSA) is 39.7 Å². The van der Waals surface area contributed by atoms with Gasteiger partial charge in [-0.15, -0.1) is 24.0 Å². The second-order valence-electron chi connectivity index (χ2n) is 4.94. The molecule has 0 unspecified atom stereocenters. The Morgan fingerprint density at radius 2 is 1.95 bits per heavy atom. The summed E-state index contributed by atoms with van der Waals surface area (Å²) in [4.78, 5) is 7.15. The summed E-state index contributed by atoms with van der Waals surface area (Å²) in [6.07, 6.45) is 7.44. The van der Waals surface area contributed by atoms with Crippen molar-refractivity contribution in [1.82, 2.24) is 15.5 Å². The van der Waals surface area contributed by atoms with Gasteiger partial charge in [0.1, 0.15) is 0 Å². The maximum Gasteiger partial charge on any atom is 0.191 e. The lowest BCUT2D eigenvalue weighted by atomic mass is 10.1. The smallest absolute Gasteiger partial charge is 0.191 e. The molecule has 0 atom stereocenters. The van der Waals surface area contributed by atoms with Crippen LogP contribution >= 0.6 is 35.7 Å². The zero-order valence-electron chi connectivity index (χ0n) is 13.0. The first-order valence-corrected chi connectivity index (χ1v) is 8.99. The van der Waals surface area contributed by atoms with Gasteiger partial charge in [-0.3, -0.25) is 4.99 Å². The maximum absolute atomic E-state index is 4.60. The number of halogens is 1. The first-order chi connectivity index (χ1) is 9.36. The molecular weight excluding hydrogens is 383 g/mol. The predicted octanol–water partition coefficient (Wildman–Crippen LogP) is 2.40. The molecule has 0 aliphatic carbocycles. The van der Waals surface area contributed by atoms with Crippen LogP contribution in [0.15, 0.2) is 4.99 Å². The highest BCUT2D eigenvalue weighted by molar-refractivity contribution is 14.0. The predicted molar refractivity (Wildman–Crippen MR) is 103 cm³/mol. The third-order valence-corrected chi connectivity index (χ3v) is 3.99. The van der Waals surface area contributed by atoms with E-state index in [9.17, 15) is 0 Å². The summed E-state index contributed by atoms with van der Waals surface area (Å²) in [6, 6.07) is 0. The van der Waals surface area contributed by atoms with Gasteiger partial charge in [0, 0.05) is 26.2 Å². The lowest BCUT2D eigenvalue weighted by Crippen LogP contribution is -2.42. The quantitative estimate of drug-likeness (QED) is 0.277. The number of piperidine rings is 1. The molecule has 0 amide bonds. The molecule has 0 aromatic carbocycles. The van der Waals surface area contributed by atoms with Crippen LogP contribution < -0.4 is 10.6 Å². The van der Waals surface area contributed by atoms with Crippen LogP contribution in [0.2, 0.25) is 0 Å². The fourth-order valence-corrected chi connectivity index (χ4v) is 2.67. The SMILES string of the molecule is CCNC(=NCCCSC)NCCN1CCCCC1.I. The minimum Gasteiger partial charge on any atom is -0.357 e. The minimum atomic E-state index is 0. The fraction of sp³-hybridized carbons (Fsp3) is 0.929. The van der Waals surface area contributed by atoms with E-state index in [1.807, 2.05) is 11.8 Å². The molecule has 0 bridgehead atoms. The number of likely N-dealkylation sites (tertiary alicyclic amines) is 1. The van der Waals surface area contributed by atoms with Gasteiger partial charge in [0.2, 0.25) is 0 Å². The van der Waals surface area contributed by atoms with Gasteiger partial charge in [-0.25, -0.2) is 0 Å². The normalized spacial score (nSPS) is 16.6. The van der Waals surface area contributed by atoms with Gasteiger partial charge in [-0.05, 0) is 51.3 Å². The minimum absolute atomic E-state index is 0. The molecule has 1 heterocycles. The molecule has 20 heavy (non-hydrogen) atoms. The molecule has 1 fully saturated rings. The van der Waals surface area contributed by atoms with E-state index in [0.29, 0.717) is 0 Å². The lowest BCUT2D eigenvalue weighted by molar-refractivity contribution is 0.232. The highest BCUT2D eigenvalue weighted by Gasteiger charge is 2.09. The highest BCUT2D eigenvalue weighted by Crippen LogP contribution is 2.07.